The molecule has 0 bridgehead atoms. The predicted octanol–water partition coefficient (Wildman–Crippen LogP) is 5.56. The molecule has 0 atom stereocenters. The van der Waals surface area contributed by atoms with E-state index in [1.807, 2.05) is 10.6 Å². The standard InChI is InChI=1S/C25H26N4O/c1-15-8-5-6-10-21(15)26-24-20-9-7-11-22(20)27-25-23(17(3)28-29(24)25)19-13-12-18(30-4)14-16(19)2/h5-6,8,10,12-14,26H,7,9,11H2,1-4H3. The van der Waals surface area contributed by atoms with Crippen molar-refractivity contribution in [2.75, 3.05) is 12.4 Å². The van der Waals surface area contributed by atoms with Crippen LogP contribution in [0.2, 0.25) is 0 Å². The molecule has 30 heavy (non-hydrogen) atoms. The number of fused-ring (bicyclic) bond motifs is 2. The van der Waals surface area contributed by atoms with Crippen LogP contribution in [-0.2, 0) is 12.8 Å². The normalized spacial score (nSPS) is 12.9. The molecule has 5 heteroatoms. The van der Waals surface area contributed by atoms with E-state index in [-0.39, 0.29) is 0 Å². The summed E-state index contributed by atoms with van der Waals surface area (Å²) >= 11 is 0. The predicted molar refractivity (Wildman–Crippen MR) is 121 cm³/mol. The lowest BCUT2D eigenvalue weighted by Gasteiger charge is -2.15. The summed E-state index contributed by atoms with van der Waals surface area (Å²) < 4.78 is 7.40. The Morgan fingerprint density at radius 1 is 1.00 bits per heavy atom. The van der Waals surface area contributed by atoms with E-state index >= 15 is 0 Å². The number of hydrogen-bond donors (Lipinski definition) is 1. The molecular weight excluding hydrogens is 372 g/mol. The summed E-state index contributed by atoms with van der Waals surface area (Å²) in [6, 6.07) is 14.6. The quantitative estimate of drug-likeness (QED) is 0.489. The van der Waals surface area contributed by atoms with Crippen LogP contribution >= 0.6 is 0 Å². The number of methoxy groups -OCH3 is 1. The van der Waals surface area contributed by atoms with Gasteiger partial charge in [0.25, 0.3) is 0 Å². The maximum atomic E-state index is 5.40. The average molecular weight is 399 g/mol. The van der Waals surface area contributed by atoms with E-state index in [9.17, 15) is 0 Å². The van der Waals surface area contributed by atoms with Gasteiger partial charge in [-0.25, -0.2) is 4.98 Å². The fourth-order valence-electron chi connectivity index (χ4n) is 4.46. The Bertz CT molecular complexity index is 1270. The van der Waals surface area contributed by atoms with Gasteiger partial charge in [-0.15, -0.1) is 0 Å². The minimum Gasteiger partial charge on any atom is -0.497 e. The van der Waals surface area contributed by atoms with E-state index in [1.165, 1.54) is 16.8 Å². The average Bonchev–Trinajstić information content (AvgIpc) is 3.33. The molecule has 0 fully saturated rings. The molecule has 0 aliphatic heterocycles. The Kier molecular flexibility index (Phi) is 4.46. The number of ether oxygens (including phenoxy) is 1. The summed E-state index contributed by atoms with van der Waals surface area (Å²) in [6.07, 6.45) is 3.18. The van der Waals surface area contributed by atoms with Gasteiger partial charge in [0.05, 0.1) is 12.8 Å². The highest BCUT2D eigenvalue weighted by molar-refractivity contribution is 5.84. The van der Waals surface area contributed by atoms with Gasteiger partial charge in [-0.2, -0.15) is 9.61 Å². The zero-order valence-electron chi connectivity index (χ0n) is 17.9. The highest BCUT2D eigenvalue weighted by Gasteiger charge is 2.25. The first-order chi connectivity index (χ1) is 14.6. The second kappa shape index (κ2) is 7.17. The Morgan fingerprint density at radius 2 is 1.83 bits per heavy atom. The van der Waals surface area contributed by atoms with Crippen molar-refractivity contribution in [1.82, 2.24) is 14.6 Å². The molecule has 5 rings (SSSR count). The Balaban J connectivity index is 1.74. The lowest BCUT2D eigenvalue weighted by atomic mass is 10.0. The summed E-state index contributed by atoms with van der Waals surface area (Å²) in [7, 11) is 1.70. The Labute approximate surface area is 176 Å². The van der Waals surface area contributed by atoms with Crippen LogP contribution in [0.15, 0.2) is 42.5 Å². The molecule has 1 N–H and O–H groups in total. The summed E-state index contributed by atoms with van der Waals surface area (Å²) in [4.78, 5) is 5.09. The van der Waals surface area contributed by atoms with Crippen LogP contribution < -0.4 is 10.1 Å². The summed E-state index contributed by atoms with van der Waals surface area (Å²) in [6.45, 7) is 6.30. The lowest BCUT2D eigenvalue weighted by Crippen LogP contribution is -2.07. The van der Waals surface area contributed by atoms with Crippen LogP contribution in [0.3, 0.4) is 0 Å². The second-order valence-electron chi connectivity index (χ2n) is 8.06. The van der Waals surface area contributed by atoms with Crippen molar-refractivity contribution in [3.05, 3.63) is 70.5 Å². The van der Waals surface area contributed by atoms with Gasteiger partial charge in [0.1, 0.15) is 11.6 Å². The summed E-state index contributed by atoms with van der Waals surface area (Å²) in [5.74, 6) is 1.91. The van der Waals surface area contributed by atoms with Crippen LogP contribution in [0.4, 0.5) is 11.5 Å². The number of benzene rings is 2. The van der Waals surface area contributed by atoms with Crippen LogP contribution in [0.5, 0.6) is 5.75 Å². The minimum atomic E-state index is 0.862. The molecule has 0 amide bonds. The molecule has 0 unspecified atom stereocenters. The van der Waals surface area contributed by atoms with Gasteiger partial charge in [-0.05, 0) is 74.9 Å². The highest BCUT2D eigenvalue weighted by atomic mass is 16.5. The largest absolute Gasteiger partial charge is 0.497 e. The number of nitrogens with one attached hydrogen (secondary N) is 1. The van der Waals surface area contributed by atoms with Crippen molar-refractivity contribution < 1.29 is 4.74 Å². The van der Waals surface area contributed by atoms with Gasteiger partial charge >= 0.3 is 0 Å². The maximum absolute atomic E-state index is 5.40. The van der Waals surface area contributed by atoms with Gasteiger partial charge < -0.3 is 10.1 Å². The van der Waals surface area contributed by atoms with Crippen LogP contribution in [0, 0.1) is 20.8 Å². The molecule has 1 aliphatic rings. The number of aryl methyl sites for hydroxylation is 4. The molecule has 0 spiro atoms. The van der Waals surface area contributed by atoms with Crippen molar-refractivity contribution in [2.24, 2.45) is 0 Å². The summed E-state index contributed by atoms with van der Waals surface area (Å²) in [5.41, 5.74) is 10.1. The second-order valence-corrected chi connectivity index (χ2v) is 8.06. The number of anilines is 2. The molecule has 2 heterocycles. The number of nitrogens with zero attached hydrogens (tertiary/aromatic N) is 3. The van der Waals surface area contributed by atoms with E-state index in [2.05, 4.69) is 62.5 Å². The van der Waals surface area contributed by atoms with E-state index in [0.29, 0.717) is 0 Å². The molecule has 2 aromatic heterocycles. The third kappa shape index (κ3) is 2.93. The maximum Gasteiger partial charge on any atom is 0.165 e. The first-order valence-corrected chi connectivity index (χ1v) is 10.5. The van der Waals surface area contributed by atoms with Crippen molar-refractivity contribution in [3.63, 3.8) is 0 Å². The molecule has 2 aromatic carbocycles. The van der Waals surface area contributed by atoms with E-state index < -0.39 is 0 Å². The molecular formula is C25H26N4O. The third-order valence-electron chi connectivity index (χ3n) is 6.06. The van der Waals surface area contributed by atoms with Gasteiger partial charge in [-0.1, -0.05) is 24.3 Å². The molecule has 4 aromatic rings. The first-order valence-electron chi connectivity index (χ1n) is 10.5. The van der Waals surface area contributed by atoms with Gasteiger partial charge in [0, 0.05) is 22.5 Å². The molecule has 0 saturated heterocycles. The highest BCUT2D eigenvalue weighted by Crippen LogP contribution is 2.37. The molecule has 1 aliphatic carbocycles. The van der Waals surface area contributed by atoms with E-state index in [4.69, 9.17) is 14.8 Å². The van der Waals surface area contributed by atoms with Crippen LogP contribution in [-0.4, -0.2) is 21.7 Å². The Hall–Kier alpha value is -3.34. The topological polar surface area (TPSA) is 51.5 Å². The number of rotatable bonds is 4. The van der Waals surface area contributed by atoms with E-state index in [0.717, 1.165) is 64.5 Å². The summed E-state index contributed by atoms with van der Waals surface area (Å²) in [5, 5.41) is 8.62. The van der Waals surface area contributed by atoms with Crippen LogP contribution in [0.25, 0.3) is 16.8 Å². The lowest BCUT2D eigenvalue weighted by molar-refractivity contribution is 0.414. The van der Waals surface area contributed by atoms with Gasteiger partial charge in [-0.3, -0.25) is 0 Å². The monoisotopic (exact) mass is 398 g/mol. The zero-order valence-corrected chi connectivity index (χ0v) is 17.9. The molecule has 0 saturated carbocycles. The minimum absolute atomic E-state index is 0.862. The fraction of sp³-hybridized carbons (Fsp3) is 0.280. The SMILES string of the molecule is COc1ccc(-c2c(C)nn3c(Nc4ccccc4C)c4c(nc23)CCC4)c(C)c1. The number of para-hydroxylation sites is 1. The van der Waals surface area contributed by atoms with Gasteiger partial charge in [0.2, 0.25) is 0 Å². The Morgan fingerprint density at radius 3 is 2.60 bits per heavy atom. The van der Waals surface area contributed by atoms with Gasteiger partial charge in [0.15, 0.2) is 5.65 Å². The first kappa shape index (κ1) is 18.7. The zero-order chi connectivity index (χ0) is 20.8. The third-order valence-corrected chi connectivity index (χ3v) is 6.06. The van der Waals surface area contributed by atoms with Crippen molar-refractivity contribution in [2.45, 2.75) is 40.0 Å². The molecule has 5 nitrogen and oxygen atoms in total. The molecule has 0 radical (unpaired) electrons. The fourth-order valence-corrected chi connectivity index (χ4v) is 4.46. The molecule has 152 valence electrons. The van der Waals surface area contributed by atoms with Crippen molar-refractivity contribution in [1.29, 1.82) is 0 Å². The van der Waals surface area contributed by atoms with Crippen molar-refractivity contribution in [3.8, 4) is 16.9 Å². The van der Waals surface area contributed by atoms with Crippen LogP contribution in [0.1, 0.15) is 34.5 Å². The number of aromatic nitrogens is 3. The van der Waals surface area contributed by atoms with E-state index in [1.54, 1.807) is 7.11 Å². The smallest absolute Gasteiger partial charge is 0.165 e. The van der Waals surface area contributed by atoms with Crippen molar-refractivity contribution >= 4 is 17.2 Å². The number of hydrogen-bond acceptors (Lipinski definition) is 4.